The Bertz CT molecular complexity index is 501. The van der Waals surface area contributed by atoms with E-state index >= 15 is 0 Å². The highest BCUT2D eigenvalue weighted by Gasteiger charge is 2.32. The largest absolute Gasteiger partial charge is 0.417 e. The van der Waals surface area contributed by atoms with Crippen molar-refractivity contribution >= 4 is 21.4 Å². The Hall–Kier alpha value is -1.07. The minimum absolute atomic E-state index is 0.281. The maximum Gasteiger partial charge on any atom is 0.417 e. The lowest BCUT2D eigenvalue weighted by atomic mass is 10.1. The monoisotopic (exact) mass is 245 g/mol. The molecule has 0 radical (unpaired) electrons. The van der Waals surface area contributed by atoms with E-state index in [9.17, 15) is 13.2 Å². The van der Waals surface area contributed by atoms with E-state index in [2.05, 4.69) is 0 Å². The van der Waals surface area contributed by atoms with Gasteiger partial charge in [0.25, 0.3) is 0 Å². The summed E-state index contributed by atoms with van der Waals surface area (Å²) in [6.07, 6.45) is -3.67. The smallest absolute Gasteiger partial charge is 0.330 e. The van der Waals surface area contributed by atoms with Crippen LogP contribution < -0.4 is 5.73 Å². The number of rotatable bonds is 2. The van der Waals surface area contributed by atoms with E-state index in [0.717, 1.165) is 10.9 Å². The fourth-order valence-electron chi connectivity index (χ4n) is 1.63. The SMILES string of the molecule is NCCc1cc2c(C(F)(F)F)cccc2s1. The highest BCUT2D eigenvalue weighted by molar-refractivity contribution is 7.19. The fourth-order valence-corrected chi connectivity index (χ4v) is 2.73. The van der Waals surface area contributed by atoms with E-state index in [1.165, 1.54) is 17.4 Å². The second kappa shape index (κ2) is 4.07. The molecule has 0 aliphatic carbocycles. The van der Waals surface area contributed by atoms with Crippen molar-refractivity contribution < 1.29 is 13.2 Å². The topological polar surface area (TPSA) is 26.0 Å². The molecule has 1 aromatic carbocycles. The first-order valence-electron chi connectivity index (χ1n) is 4.81. The van der Waals surface area contributed by atoms with Gasteiger partial charge in [0.1, 0.15) is 0 Å². The highest BCUT2D eigenvalue weighted by atomic mass is 32.1. The molecule has 0 saturated heterocycles. The van der Waals surface area contributed by atoms with E-state index in [-0.39, 0.29) is 5.39 Å². The van der Waals surface area contributed by atoms with Crippen LogP contribution >= 0.6 is 11.3 Å². The summed E-state index contributed by atoms with van der Waals surface area (Å²) in [6.45, 7) is 0.453. The van der Waals surface area contributed by atoms with Crippen molar-refractivity contribution in [1.82, 2.24) is 0 Å². The molecule has 0 fully saturated rings. The second-order valence-electron chi connectivity index (χ2n) is 3.47. The van der Waals surface area contributed by atoms with E-state index in [1.807, 2.05) is 0 Å². The Labute approximate surface area is 94.7 Å². The van der Waals surface area contributed by atoms with Gasteiger partial charge in [0.2, 0.25) is 0 Å². The van der Waals surface area contributed by atoms with Gasteiger partial charge in [0.15, 0.2) is 0 Å². The van der Waals surface area contributed by atoms with Gasteiger partial charge in [0.05, 0.1) is 5.56 Å². The third-order valence-corrected chi connectivity index (χ3v) is 3.47. The summed E-state index contributed by atoms with van der Waals surface area (Å²) in [7, 11) is 0. The van der Waals surface area contributed by atoms with Crippen LogP contribution in [0.4, 0.5) is 13.2 Å². The predicted molar refractivity (Wildman–Crippen MR) is 59.6 cm³/mol. The third kappa shape index (κ3) is 2.05. The van der Waals surface area contributed by atoms with E-state index in [4.69, 9.17) is 5.73 Å². The number of thiophene rings is 1. The number of hydrogen-bond donors (Lipinski definition) is 1. The standard InChI is InChI=1S/C11H10F3NS/c12-11(13,14)9-2-1-3-10-8(9)6-7(16-10)4-5-15/h1-3,6H,4-5,15H2. The molecular weight excluding hydrogens is 235 g/mol. The van der Waals surface area contributed by atoms with Gasteiger partial charge in [-0.1, -0.05) is 6.07 Å². The Balaban J connectivity index is 2.59. The zero-order valence-electron chi connectivity index (χ0n) is 8.34. The number of benzene rings is 1. The number of hydrogen-bond acceptors (Lipinski definition) is 2. The van der Waals surface area contributed by atoms with Gasteiger partial charge in [-0.2, -0.15) is 13.2 Å². The van der Waals surface area contributed by atoms with Crippen molar-refractivity contribution in [3.8, 4) is 0 Å². The van der Waals surface area contributed by atoms with Gasteiger partial charge in [-0.05, 0) is 31.2 Å². The molecular formula is C11H10F3NS. The van der Waals surface area contributed by atoms with Crippen LogP contribution in [0.25, 0.3) is 10.1 Å². The van der Waals surface area contributed by atoms with Crippen molar-refractivity contribution in [2.45, 2.75) is 12.6 Å². The maximum atomic E-state index is 12.7. The molecule has 0 amide bonds. The fraction of sp³-hybridized carbons (Fsp3) is 0.273. The van der Waals surface area contributed by atoms with Crippen molar-refractivity contribution in [1.29, 1.82) is 0 Å². The average molecular weight is 245 g/mol. The van der Waals surface area contributed by atoms with Crippen LogP contribution in [0.5, 0.6) is 0 Å². The summed E-state index contributed by atoms with van der Waals surface area (Å²) in [5.41, 5.74) is 4.83. The molecule has 2 N–H and O–H groups in total. The molecule has 16 heavy (non-hydrogen) atoms. The second-order valence-corrected chi connectivity index (χ2v) is 4.63. The van der Waals surface area contributed by atoms with Crippen LogP contribution in [0.3, 0.4) is 0 Å². The Morgan fingerprint density at radius 1 is 1.25 bits per heavy atom. The summed E-state index contributed by atoms with van der Waals surface area (Å²) in [5, 5.41) is 0.281. The third-order valence-electron chi connectivity index (χ3n) is 2.31. The van der Waals surface area contributed by atoms with Crippen LogP contribution in [-0.2, 0) is 12.6 Å². The van der Waals surface area contributed by atoms with Gasteiger partial charge >= 0.3 is 6.18 Å². The lowest BCUT2D eigenvalue weighted by molar-refractivity contribution is -0.136. The molecule has 1 heterocycles. The van der Waals surface area contributed by atoms with Gasteiger partial charge in [-0.25, -0.2) is 0 Å². The number of alkyl halides is 3. The molecule has 2 aromatic rings. The first-order valence-corrected chi connectivity index (χ1v) is 5.62. The maximum absolute atomic E-state index is 12.7. The Morgan fingerprint density at radius 3 is 2.62 bits per heavy atom. The van der Waals surface area contributed by atoms with E-state index in [1.54, 1.807) is 12.1 Å². The van der Waals surface area contributed by atoms with Crippen LogP contribution in [-0.4, -0.2) is 6.54 Å². The predicted octanol–water partition coefficient (Wildman–Crippen LogP) is 3.42. The first-order chi connectivity index (χ1) is 7.52. The number of halogens is 3. The molecule has 0 spiro atoms. The van der Waals surface area contributed by atoms with Gasteiger partial charge in [-0.3, -0.25) is 0 Å². The van der Waals surface area contributed by atoms with Crippen molar-refractivity contribution in [2.75, 3.05) is 6.54 Å². The summed E-state index contributed by atoms with van der Waals surface area (Å²) in [5.74, 6) is 0. The van der Waals surface area contributed by atoms with Crippen LogP contribution in [0.2, 0.25) is 0 Å². The van der Waals surface area contributed by atoms with Crippen LogP contribution in [0.1, 0.15) is 10.4 Å². The zero-order chi connectivity index (χ0) is 11.8. The van der Waals surface area contributed by atoms with Gasteiger partial charge in [-0.15, -0.1) is 11.3 Å². The Morgan fingerprint density at radius 2 is 2.00 bits per heavy atom. The van der Waals surface area contributed by atoms with Crippen molar-refractivity contribution in [3.63, 3.8) is 0 Å². The van der Waals surface area contributed by atoms with Gasteiger partial charge < -0.3 is 5.73 Å². The molecule has 0 bridgehead atoms. The summed E-state index contributed by atoms with van der Waals surface area (Å²) in [4.78, 5) is 0.897. The molecule has 1 nitrogen and oxygen atoms in total. The van der Waals surface area contributed by atoms with E-state index < -0.39 is 11.7 Å². The van der Waals surface area contributed by atoms with Gasteiger partial charge in [0, 0.05) is 15.0 Å². The first kappa shape index (κ1) is 11.4. The summed E-state index contributed by atoms with van der Waals surface area (Å²) >= 11 is 1.37. The molecule has 2 rings (SSSR count). The van der Waals surface area contributed by atoms with E-state index in [0.29, 0.717) is 17.7 Å². The number of nitrogens with two attached hydrogens (primary N) is 1. The minimum atomic E-state index is -4.29. The molecule has 1 aromatic heterocycles. The summed E-state index contributed by atoms with van der Waals surface area (Å²) < 4.78 is 38.7. The lowest BCUT2D eigenvalue weighted by Crippen LogP contribution is -2.04. The molecule has 0 aliphatic rings. The molecule has 0 unspecified atom stereocenters. The molecule has 5 heteroatoms. The average Bonchev–Trinajstić information content (AvgIpc) is 2.58. The molecule has 86 valence electrons. The highest BCUT2D eigenvalue weighted by Crippen LogP contribution is 2.37. The normalized spacial score (nSPS) is 12.2. The van der Waals surface area contributed by atoms with Crippen LogP contribution in [0, 0.1) is 0 Å². The van der Waals surface area contributed by atoms with Crippen molar-refractivity contribution in [3.05, 3.63) is 34.7 Å². The minimum Gasteiger partial charge on any atom is -0.330 e. The zero-order valence-corrected chi connectivity index (χ0v) is 9.16. The molecule has 0 atom stereocenters. The Kier molecular flexibility index (Phi) is 2.90. The summed E-state index contributed by atoms with van der Waals surface area (Å²) in [6, 6.07) is 5.85. The van der Waals surface area contributed by atoms with Crippen LogP contribution in [0.15, 0.2) is 24.3 Å². The van der Waals surface area contributed by atoms with Crippen molar-refractivity contribution in [2.24, 2.45) is 5.73 Å². The lowest BCUT2D eigenvalue weighted by Gasteiger charge is -2.06. The molecule has 0 aliphatic heterocycles. The molecule has 0 saturated carbocycles. The number of fused-ring (bicyclic) bond motifs is 1. The quantitative estimate of drug-likeness (QED) is 0.862.